The van der Waals surface area contributed by atoms with Gasteiger partial charge in [-0.05, 0) is 49.4 Å². The van der Waals surface area contributed by atoms with Crippen LogP contribution < -0.4 is 10.1 Å². The van der Waals surface area contributed by atoms with E-state index in [0.29, 0.717) is 10.0 Å². The van der Waals surface area contributed by atoms with E-state index < -0.39 is 11.9 Å². The predicted molar refractivity (Wildman–Crippen MR) is 114 cm³/mol. The number of aryl methyl sites for hydroxylation is 2. The van der Waals surface area contributed by atoms with E-state index >= 15 is 0 Å². The molecule has 2 heterocycles. The molecule has 0 atom stereocenters. The first-order chi connectivity index (χ1) is 14.1. The average Bonchev–Trinajstić information content (AvgIpc) is 3.39. The lowest BCUT2D eigenvalue weighted by Gasteiger charge is -2.08. The molecule has 1 aromatic carbocycles. The standard InChI is InChI=1S/C21H20N2O4S2/c1-26-15-7-4-6-13(9-15)16-12-28-21(22-16)23-19(24)11-27-20(25)18-10-14-5-2-3-8-17(14)29-18/h4,6-7,9-10,12H,2-3,5,8,11H2,1H3,(H,22,23,24). The van der Waals surface area contributed by atoms with E-state index in [1.54, 1.807) is 7.11 Å². The van der Waals surface area contributed by atoms with Crippen molar-refractivity contribution in [2.45, 2.75) is 25.7 Å². The second-order valence-corrected chi connectivity index (χ2v) is 8.66. The normalized spacial score (nSPS) is 12.9. The Labute approximate surface area is 176 Å². The van der Waals surface area contributed by atoms with Gasteiger partial charge in [0.25, 0.3) is 5.91 Å². The third kappa shape index (κ3) is 4.65. The molecule has 0 spiro atoms. The molecule has 0 bridgehead atoms. The van der Waals surface area contributed by atoms with Crippen molar-refractivity contribution >= 4 is 39.7 Å². The van der Waals surface area contributed by atoms with Gasteiger partial charge in [0.1, 0.15) is 10.6 Å². The van der Waals surface area contributed by atoms with Gasteiger partial charge in [0.2, 0.25) is 0 Å². The van der Waals surface area contributed by atoms with E-state index in [2.05, 4.69) is 10.3 Å². The molecule has 29 heavy (non-hydrogen) atoms. The Balaban J connectivity index is 1.32. The maximum Gasteiger partial charge on any atom is 0.348 e. The molecule has 0 aliphatic heterocycles. The maximum absolute atomic E-state index is 12.3. The number of fused-ring (bicyclic) bond motifs is 1. The first-order valence-electron chi connectivity index (χ1n) is 9.31. The summed E-state index contributed by atoms with van der Waals surface area (Å²) in [5.74, 6) is -0.120. The fourth-order valence-corrected chi connectivity index (χ4v) is 5.08. The van der Waals surface area contributed by atoms with Crippen molar-refractivity contribution in [3.63, 3.8) is 0 Å². The SMILES string of the molecule is COc1cccc(-c2csc(NC(=O)COC(=O)c3cc4c(s3)CCCC4)n2)c1. The minimum atomic E-state index is -0.448. The Hall–Kier alpha value is -2.71. The van der Waals surface area contributed by atoms with Gasteiger partial charge in [-0.2, -0.15) is 0 Å². The molecule has 8 heteroatoms. The summed E-state index contributed by atoms with van der Waals surface area (Å²) in [4.78, 5) is 30.7. The van der Waals surface area contributed by atoms with Gasteiger partial charge in [0.05, 0.1) is 12.8 Å². The number of esters is 1. The summed E-state index contributed by atoms with van der Waals surface area (Å²) in [5.41, 5.74) is 2.88. The Kier molecular flexibility index (Phi) is 5.92. The lowest BCUT2D eigenvalue weighted by Crippen LogP contribution is -2.20. The molecule has 1 aliphatic carbocycles. The molecule has 1 N–H and O–H groups in total. The molecule has 2 aromatic heterocycles. The number of aromatic nitrogens is 1. The van der Waals surface area contributed by atoms with Crippen molar-refractivity contribution < 1.29 is 19.1 Å². The van der Waals surface area contributed by atoms with Crippen LogP contribution in [0.1, 0.15) is 33.0 Å². The Morgan fingerprint density at radius 3 is 2.90 bits per heavy atom. The van der Waals surface area contributed by atoms with Crippen LogP contribution in [0.3, 0.4) is 0 Å². The summed E-state index contributed by atoms with van der Waals surface area (Å²) in [7, 11) is 1.61. The van der Waals surface area contributed by atoms with E-state index in [1.807, 2.05) is 35.7 Å². The molecule has 4 rings (SSSR count). The van der Waals surface area contributed by atoms with Crippen LogP contribution in [-0.2, 0) is 22.4 Å². The molecule has 3 aromatic rings. The van der Waals surface area contributed by atoms with E-state index in [1.165, 1.54) is 33.1 Å². The number of carbonyl (C=O) groups excluding carboxylic acids is 2. The van der Waals surface area contributed by atoms with Crippen LogP contribution >= 0.6 is 22.7 Å². The van der Waals surface area contributed by atoms with Crippen LogP contribution in [-0.4, -0.2) is 30.6 Å². The zero-order chi connectivity index (χ0) is 20.2. The van der Waals surface area contributed by atoms with Crippen LogP contribution in [0.2, 0.25) is 0 Å². The van der Waals surface area contributed by atoms with E-state index in [4.69, 9.17) is 9.47 Å². The topological polar surface area (TPSA) is 77.5 Å². The van der Waals surface area contributed by atoms with Gasteiger partial charge in [-0.15, -0.1) is 22.7 Å². The number of amides is 1. The number of ether oxygens (including phenoxy) is 2. The number of nitrogens with one attached hydrogen (secondary N) is 1. The van der Waals surface area contributed by atoms with Gasteiger partial charge in [-0.1, -0.05) is 12.1 Å². The molecule has 150 valence electrons. The minimum absolute atomic E-state index is 0.338. The molecular formula is C21H20N2O4S2. The highest BCUT2D eigenvalue weighted by atomic mass is 32.1. The van der Waals surface area contributed by atoms with E-state index in [-0.39, 0.29) is 6.61 Å². The molecule has 0 saturated heterocycles. The van der Waals surface area contributed by atoms with Crippen molar-refractivity contribution in [2.75, 3.05) is 19.0 Å². The summed E-state index contributed by atoms with van der Waals surface area (Å²) in [5, 5.41) is 4.99. The number of hydrogen-bond donors (Lipinski definition) is 1. The number of rotatable bonds is 6. The van der Waals surface area contributed by atoms with Gasteiger partial charge >= 0.3 is 5.97 Å². The number of methoxy groups -OCH3 is 1. The van der Waals surface area contributed by atoms with Crippen LogP contribution in [0.5, 0.6) is 5.75 Å². The third-order valence-electron chi connectivity index (χ3n) is 4.65. The Bertz CT molecular complexity index is 1020. The first kappa shape index (κ1) is 19.6. The number of hydrogen-bond acceptors (Lipinski definition) is 7. The van der Waals surface area contributed by atoms with Gasteiger partial charge in [0, 0.05) is 15.8 Å². The van der Waals surface area contributed by atoms with Gasteiger partial charge < -0.3 is 9.47 Å². The van der Waals surface area contributed by atoms with E-state index in [9.17, 15) is 9.59 Å². The molecular weight excluding hydrogens is 408 g/mol. The summed E-state index contributed by atoms with van der Waals surface area (Å²) in [6.45, 7) is -0.338. The highest BCUT2D eigenvalue weighted by Crippen LogP contribution is 2.30. The summed E-state index contributed by atoms with van der Waals surface area (Å²) >= 11 is 2.79. The first-order valence-corrected chi connectivity index (χ1v) is 11.0. The summed E-state index contributed by atoms with van der Waals surface area (Å²) in [6, 6.07) is 9.44. The molecule has 6 nitrogen and oxygen atoms in total. The number of benzene rings is 1. The fraction of sp³-hybridized carbons (Fsp3) is 0.286. The predicted octanol–water partition coefficient (Wildman–Crippen LogP) is 4.55. The van der Waals surface area contributed by atoms with Crippen molar-refractivity contribution in [1.29, 1.82) is 0 Å². The van der Waals surface area contributed by atoms with Crippen molar-refractivity contribution in [2.24, 2.45) is 0 Å². The number of thiazole rings is 1. The fourth-order valence-electron chi connectivity index (χ4n) is 3.19. The van der Waals surface area contributed by atoms with Crippen molar-refractivity contribution in [3.8, 4) is 17.0 Å². The van der Waals surface area contributed by atoms with Gasteiger partial charge in [0.15, 0.2) is 11.7 Å². The highest BCUT2D eigenvalue weighted by molar-refractivity contribution is 7.14. The molecule has 0 unspecified atom stereocenters. The van der Waals surface area contributed by atoms with Gasteiger partial charge in [-0.3, -0.25) is 10.1 Å². The number of nitrogens with zero attached hydrogens (tertiary/aromatic N) is 1. The van der Waals surface area contributed by atoms with Crippen LogP contribution in [0, 0.1) is 0 Å². The number of anilines is 1. The second-order valence-electron chi connectivity index (χ2n) is 6.66. The number of thiophene rings is 1. The Morgan fingerprint density at radius 2 is 2.07 bits per heavy atom. The molecule has 0 radical (unpaired) electrons. The molecule has 1 aliphatic rings. The summed E-state index contributed by atoms with van der Waals surface area (Å²) in [6.07, 6.45) is 4.36. The zero-order valence-electron chi connectivity index (χ0n) is 15.9. The average molecular weight is 429 g/mol. The van der Waals surface area contributed by atoms with Crippen LogP contribution in [0.15, 0.2) is 35.7 Å². The third-order valence-corrected chi connectivity index (χ3v) is 6.62. The smallest absolute Gasteiger partial charge is 0.348 e. The lowest BCUT2D eigenvalue weighted by atomic mass is 9.99. The van der Waals surface area contributed by atoms with Crippen molar-refractivity contribution in [3.05, 3.63) is 51.0 Å². The number of carbonyl (C=O) groups is 2. The minimum Gasteiger partial charge on any atom is -0.497 e. The molecule has 0 saturated carbocycles. The monoisotopic (exact) mass is 428 g/mol. The van der Waals surface area contributed by atoms with Crippen LogP contribution in [0.4, 0.5) is 5.13 Å². The van der Waals surface area contributed by atoms with Crippen LogP contribution in [0.25, 0.3) is 11.3 Å². The molecule has 1 amide bonds. The second kappa shape index (κ2) is 8.75. The largest absolute Gasteiger partial charge is 0.497 e. The highest BCUT2D eigenvalue weighted by Gasteiger charge is 2.19. The van der Waals surface area contributed by atoms with Gasteiger partial charge in [-0.25, -0.2) is 9.78 Å². The zero-order valence-corrected chi connectivity index (χ0v) is 17.5. The van der Waals surface area contributed by atoms with Crippen molar-refractivity contribution in [1.82, 2.24) is 4.98 Å². The lowest BCUT2D eigenvalue weighted by molar-refractivity contribution is -0.119. The molecule has 0 fully saturated rings. The maximum atomic E-state index is 12.3. The Morgan fingerprint density at radius 1 is 1.21 bits per heavy atom. The quantitative estimate of drug-likeness (QED) is 0.583. The van der Waals surface area contributed by atoms with E-state index in [0.717, 1.165) is 42.7 Å². The summed E-state index contributed by atoms with van der Waals surface area (Å²) < 4.78 is 10.4.